The lowest BCUT2D eigenvalue weighted by molar-refractivity contribution is -0.139. The molecule has 0 aliphatic carbocycles. The lowest BCUT2D eigenvalue weighted by Gasteiger charge is -2.39. The van der Waals surface area contributed by atoms with E-state index in [1.54, 1.807) is 0 Å². The minimum atomic E-state index is -0.908. The fourth-order valence-electron chi connectivity index (χ4n) is 2.93. The number of thioether (sulfide) groups is 1. The zero-order chi connectivity index (χ0) is 16.7. The van der Waals surface area contributed by atoms with Crippen molar-refractivity contribution in [3.05, 3.63) is 35.9 Å². The SMILES string of the molecule is CC(CC(=O)O)(NC(=O)OCc1ccccc1)C1CCSCC1. The number of carboxylic acid groups (broad SMARTS) is 1. The maximum atomic E-state index is 12.1. The van der Waals surface area contributed by atoms with Crippen LogP contribution in [0.2, 0.25) is 0 Å². The Morgan fingerprint density at radius 1 is 1.30 bits per heavy atom. The topological polar surface area (TPSA) is 75.6 Å². The van der Waals surface area contributed by atoms with Gasteiger partial charge < -0.3 is 15.2 Å². The Hall–Kier alpha value is -1.69. The molecule has 1 aliphatic rings. The van der Waals surface area contributed by atoms with Crippen molar-refractivity contribution in [3.63, 3.8) is 0 Å². The molecule has 6 heteroatoms. The van der Waals surface area contributed by atoms with Gasteiger partial charge in [0.2, 0.25) is 0 Å². The minimum absolute atomic E-state index is 0.0945. The smallest absolute Gasteiger partial charge is 0.407 e. The summed E-state index contributed by atoms with van der Waals surface area (Å²) in [7, 11) is 0. The average molecular weight is 337 g/mol. The van der Waals surface area contributed by atoms with Gasteiger partial charge in [-0.25, -0.2) is 4.79 Å². The third kappa shape index (κ3) is 5.46. The normalized spacial score (nSPS) is 18.0. The van der Waals surface area contributed by atoms with E-state index in [-0.39, 0.29) is 18.9 Å². The summed E-state index contributed by atoms with van der Waals surface area (Å²) in [4.78, 5) is 23.3. The van der Waals surface area contributed by atoms with Crippen LogP contribution in [0.3, 0.4) is 0 Å². The molecule has 1 unspecified atom stereocenters. The molecule has 1 amide bonds. The number of rotatable bonds is 6. The van der Waals surface area contributed by atoms with Crippen LogP contribution in [0.25, 0.3) is 0 Å². The zero-order valence-electron chi connectivity index (χ0n) is 13.3. The summed E-state index contributed by atoms with van der Waals surface area (Å²) < 4.78 is 5.25. The molecule has 2 N–H and O–H groups in total. The lowest BCUT2D eigenvalue weighted by atomic mass is 9.79. The first-order valence-corrected chi connectivity index (χ1v) is 8.93. The van der Waals surface area contributed by atoms with Crippen LogP contribution in [0.5, 0.6) is 0 Å². The number of benzene rings is 1. The van der Waals surface area contributed by atoms with E-state index < -0.39 is 17.6 Å². The number of amides is 1. The fraction of sp³-hybridized carbons (Fsp3) is 0.529. The monoisotopic (exact) mass is 337 g/mol. The number of carboxylic acids is 1. The van der Waals surface area contributed by atoms with E-state index in [0.717, 1.165) is 29.9 Å². The Labute approximate surface area is 140 Å². The number of carbonyl (C=O) groups is 2. The van der Waals surface area contributed by atoms with Crippen LogP contribution in [0.4, 0.5) is 4.79 Å². The molecule has 1 atom stereocenters. The van der Waals surface area contributed by atoms with E-state index in [0.29, 0.717) is 0 Å². The fourth-order valence-corrected chi connectivity index (χ4v) is 4.04. The summed E-state index contributed by atoms with van der Waals surface area (Å²) in [6.45, 7) is 1.99. The van der Waals surface area contributed by atoms with Gasteiger partial charge >= 0.3 is 12.1 Å². The molecule has 1 aromatic carbocycles. The van der Waals surface area contributed by atoms with Crippen molar-refractivity contribution in [1.29, 1.82) is 0 Å². The van der Waals surface area contributed by atoms with E-state index in [4.69, 9.17) is 4.74 Å². The van der Waals surface area contributed by atoms with E-state index >= 15 is 0 Å². The van der Waals surface area contributed by atoms with Gasteiger partial charge in [-0.3, -0.25) is 4.79 Å². The van der Waals surface area contributed by atoms with Crippen LogP contribution in [0, 0.1) is 5.92 Å². The van der Waals surface area contributed by atoms with E-state index in [1.807, 2.05) is 49.0 Å². The Morgan fingerprint density at radius 2 is 1.96 bits per heavy atom. The molecule has 5 nitrogen and oxygen atoms in total. The molecular weight excluding hydrogens is 314 g/mol. The minimum Gasteiger partial charge on any atom is -0.481 e. The van der Waals surface area contributed by atoms with Crippen molar-refractivity contribution in [2.45, 2.75) is 38.3 Å². The number of hydrogen-bond donors (Lipinski definition) is 2. The van der Waals surface area contributed by atoms with Crippen molar-refractivity contribution in [2.75, 3.05) is 11.5 Å². The van der Waals surface area contributed by atoms with Gasteiger partial charge in [-0.2, -0.15) is 11.8 Å². The first kappa shape index (κ1) is 17.7. The van der Waals surface area contributed by atoms with Crippen molar-refractivity contribution in [2.24, 2.45) is 5.92 Å². The third-order valence-electron chi connectivity index (χ3n) is 4.24. The largest absolute Gasteiger partial charge is 0.481 e. The molecule has 1 heterocycles. The van der Waals surface area contributed by atoms with Crippen molar-refractivity contribution in [1.82, 2.24) is 5.32 Å². The van der Waals surface area contributed by atoms with Crippen molar-refractivity contribution >= 4 is 23.8 Å². The van der Waals surface area contributed by atoms with Gasteiger partial charge in [0, 0.05) is 0 Å². The third-order valence-corrected chi connectivity index (χ3v) is 5.29. The summed E-state index contributed by atoms with van der Waals surface area (Å²) in [5, 5.41) is 12.0. The molecule has 2 rings (SSSR count). The van der Waals surface area contributed by atoms with Crippen LogP contribution in [-0.2, 0) is 16.1 Å². The summed E-state index contributed by atoms with van der Waals surface area (Å²) in [6, 6.07) is 9.41. The highest BCUT2D eigenvalue weighted by molar-refractivity contribution is 7.99. The summed E-state index contributed by atoms with van der Waals surface area (Å²) >= 11 is 1.87. The molecule has 0 spiro atoms. The maximum absolute atomic E-state index is 12.1. The molecule has 0 aromatic heterocycles. The average Bonchev–Trinajstić information content (AvgIpc) is 2.54. The zero-order valence-corrected chi connectivity index (χ0v) is 14.1. The van der Waals surface area contributed by atoms with Crippen LogP contribution in [0.1, 0.15) is 31.7 Å². The van der Waals surface area contributed by atoms with Gasteiger partial charge in [0.05, 0.1) is 12.0 Å². The standard InChI is InChI=1S/C17H23NO4S/c1-17(11-15(19)20,14-7-9-23-10-8-14)18-16(21)22-12-13-5-3-2-4-6-13/h2-6,14H,7-12H2,1H3,(H,18,21)(H,19,20). The van der Waals surface area contributed by atoms with Gasteiger partial charge in [-0.1, -0.05) is 30.3 Å². The van der Waals surface area contributed by atoms with Crippen LogP contribution in [0.15, 0.2) is 30.3 Å². The van der Waals surface area contributed by atoms with Crippen molar-refractivity contribution < 1.29 is 19.4 Å². The molecule has 1 aromatic rings. The number of ether oxygens (including phenoxy) is 1. The van der Waals surface area contributed by atoms with Crippen LogP contribution in [-0.4, -0.2) is 34.2 Å². The highest BCUT2D eigenvalue weighted by atomic mass is 32.2. The first-order valence-electron chi connectivity index (χ1n) is 7.78. The Balaban J connectivity index is 1.95. The summed E-state index contributed by atoms with van der Waals surface area (Å²) in [5.74, 6) is 1.25. The number of hydrogen-bond acceptors (Lipinski definition) is 4. The highest BCUT2D eigenvalue weighted by Gasteiger charge is 2.38. The molecule has 1 saturated heterocycles. The van der Waals surface area contributed by atoms with Gasteiger partial charge in [0.25, 0.3) is 0 Å². The van der Waals surface area contributed by atoms with E-state index in [9.17, 15) is 14.7 Å². The van der Waals surface area contributed by atoms with Gasteiger partial charge in [-0.05, 0) is 42.8 Å². The summed E-state index contributed by atoms with van der Waals surface area (Å²) in [6.07, 6.45) is 1.17. The Morgan fingerprint density at radius 3 is 2.57 bits per heavy atom. The number of nitrogens with one attached hydrogen (secondary N) is 1. The molecular formula is C17H23NO4S. The molecule has 23 heavy (non-hydrogen) atoms. The van der Waals surface area contributed by atoms with E-state index in [2.05, 4.69) is 5.32 Å². The Bertz CT molecular complexity index is 531. The van der Waals surface area contributed by atoms with Gasteiger partial charge in [0.15, 0.2) is 0 Å². The van der Waals surface area contributed by atoms with Crippen LogP contribution >= 0.6 is 11.8 Å². The predicted octanol–water partition coefficient (Wildman–Crippen LogP) is 3.29. The van der Waals surface area contributed by atoms with Gasteiger partial charge in [0.1, 0.15) is 6.61 Å². The van der Waals surface area contributed by atoms with Crippen molar-refractivity contribution in [3.8, 4) is 0 Å². The predicted molar refractivity (Wildman–Crippen MR) is 90.5 cm³/mol. The van der Waals surface area contributed by atoms with Crippen LogP contribution < -0.4 is 5.32 Å². The molecule has 1 aliphatic heterocycles. The van der Waals surface area contributed by atoms with Gasteiger partial charge in [-0.15, -0.1) is 0 Å². The number of alkyl carbamates (subject to hydrolysis) is 1. The molecule has 1 fully saturated rings. The lowest BCUT2D eigenvalue weighted by Crippen LogP contribution is -2.53. The molecule has 126 valence electrons. The molecule has 0 radical (unpaired) electrons. The molecule has 0 saturated carbocycles. The number of aliphatic carboxylic acids is 1. The maximum Gasteiger partial charge on any atom is 0.407 e. The second-order valence-electron chi connectivity index (χ2n) is 6.06. The summed E-state index contributed by atoms with van der Waals surface area (Å²) in [5.41, 5.74) is 0.122. The highest BCUT2D eigenvalue weighted by Crippen LogP contribution is 2.33. The quantitative estimate of drug-likeness (QED) is 0.833. The molecule has 0 bridgehead atoms. The van der Waals surface area contributed by atoms with E-state index in [1.165, 1.54) is 0 Å². The second kappa shape index (κ2) is 8.24. The number of carbonyl (C=O) groups excluding carboxylic acids is 1. The second-order valence-corrected chi connectivity index (χ2v) is 7.29. The Kier molecular flexibility index (Phi) is 6.33. The first-order chi connectivity index (χ1) is 11.0.